The lowest BCUT2D eigenvalue weighted by Gasteiger charge is -2.25. The minimum Gasteiger partial charge on any atom is -0.383 e. The van der Waals surface area contributed by atoms with Gasteiger partial charge in [-0.3, -0.25) is 4.40 Å². The number of rotatable bonds is 1. The molecule has 0 amide bonds. The van der Waals surface area contributed by atoms with E-state index in [2.05, 4.69) is 24.3 Å². The number of hydrogen-bond acceptors (Lipinski definition) is 2. The Labute approximate surface area is 108 Å². The average molecular weight is 243 g/mol. The summed E-state index contributed by atoms with van der Waals surface area (Å²) in [5.41, 5.74) is 9.58. The molecule has 3 nitrogen and oxygen atoms in total. The highest BCUT2D eigenvalue weighted by Gasteiger charge is 2.25. The number of nitrogens with two attached hydrogens (primary N) is 1. The quantitative estimate of drug-likeness (QED) is 0.832. The van der Waals surface area contributed by atoms with Crippen molar-refractivity contribution >= 4 is 11.5 Å². The lowest BCUT2D eigenvalue weighted by Crippen LogP contribution is -2.13. The van der Waals surface area contributed by atoms with Crippen LogP contribution in [0.1, 0.15) is 49.9 Å². The fourth-order valence-corrected chi connectivity index (χ4v) is 3.28. The summed E-state index contributed by atoms with van der Waals surface area (Å²) in [7, 11) is 0. The van der Waals surface area contributed by atoms with Gasteiger partial charge < -0.3 is 5.73 Å². The molecule has 1 saturated carbocycles. The van der Waals surface area contributed by atoms with E-state index in [-0.39, 0.29) is 0 Å². The number of fused-ring (bicyclic) bond motifs is 1. The van der Waals surface area contributed by atoms with E-state index in [4.69, 9.17) is 10.7 Å². The molecule has 96 valence electrons. The zero-order chi connectivity index (χ0) is 12.7. The number of aryl methyl sites for hydroxylation is 1. The van der Waals surface area contributed by atoms with Gasteiger partial charge in [-0.1, -0.05) is 25.8 Å². The van der Waals surface area contributed by atoms with Gasteiger partial charge in [0.25, 0.3) is 0 Å². The number of aromatic nitrogens is 2. The monoisotopic (exact) mass is 243 g/mol. The minimum absolute atomic E-state index is 0.549. The van der Waals surface area contributed by atoms with Crippen LogP contribution in [0, 0.1) is 12.8 Å². The number of nitrogen functional groups attached to an aromatic ring is 1. The summed E-state index contributed by atoms with van der Waals surface area (Å²) in [5.74, 6) is 2.20. The molecule has 2 atom stereocenters. The van der Waals surface area contributed by atoms with Gasteiger partial charge in [0.1, 0.15) is 11.5 Å². The molecule has 0 saturated heterocycles. The second-order valence-electron chi connectivity index (χ2n) is 5.71. The molecule has 1 fully saturated rings. The average Bonchev–Trinajstić information content (AvgIpc) is 2.68. The molecular formula is C15H21N3. The Bertz CT molecular complexity index is 570. The first-order valence-corrected chi connectivity index (χ1v) is 6.90. The van der Waals surface area contributed by atoms with Crippen LogP contribution in [0.5, 0.6) is 0 Å². The molecule has 2 aromatic rings. The smallest absolute Gasteiger partial charge is 0.138 e. The molecule has 0 bridgehead atoms. The van der Waals surface area contributed by atoms with Gasteiger partial charge in [-0.15, -0.1) is 0 Å². The van der Waals surface area contributed by atoms with Crippen LogP contribution in [0.15, 0.2) is 18.2 Å². The Morgan fingerprint density at radius 2 is 2.17 bits per heavy atom. The van der Waals surface area contributed by atoms with Crippen molar-refractivity contribution in [1.82, 2.24) is 9.38 Å². The number of hydrogen-bond donors (Lipinski definition) is 1. The summed E-state index contributed by atoms with van der Waals surface area (Å²) in [6.07, 6.45) is 5.12. The Hall–Kier alpha value is -1.51. The molecule has 2 unspecified atom stereocenters. The van der Waals surface area contributed by atoms with Crippen LogP contribution in [0.4, 0.5) is 5.82 Å². The zero-order valence-electron chi connectivity index (χ0n) is 11.2. The maximum absolute atomic E-state index is 6.32. The molecular weight excluding hydrogens is 222 g/mol. The molecule has 1 aliphatic rings. The third-order valence-corrected chi connectivity index (χ3v) is 4.23. The van der Waals surface area contributed by atoms with Gasteiger partial charge in [0, 0.05) is 11.6 Å². The highest BCUT2D eigenvalue weighted by atomic mass is 15.1. The molecule has 0 aromatic carbocycles. The normalized spacial score (nSPS) is 24.6. The summed E-state index contributed by atoms with van der Waals surface area (Å²) in [4.78, 5) is 4.77. The van der Waals surface area contributed by atoms with E-state index in [9.17, 15) is 0 Å². The number of anilines is 1. The fraction of sp³-hybridized carbons (Fsp3) is 0.533. The Morgan fingerprint density at radius 1 is 1.33 bits per heavy atom. The Kier molecular flexibility index (Phi) is 2.77. The molecule has 2 heterocycles. The first-order chi connectivity index (χ1) is 8.66. The molecule has 1 aliphatic carbocycles. The fourth-order valence-electron chi connectivity index (χ4n) is 3.28. The highest BCUT2D eigenvalue weighted by Crippen LogP contribution is 2.38. The van der Waals surface area contributed by atoms with Crippen molar-refractivity contribution in [2.45, 2.75) is 45.4 Å². The van der Waals surface area contributed by atoms with Crippen LogP contribution >= 0.6 is 0 Å². The third-order valence-electron chi connectivity index (χ3n) is 4.23. The van der Waals surface area contributed by atoms with E-state index < -0.39 is 0 Å². The summed E-state index contributed by atoms with van der Waals surface area (Å²) in [5, 5.41) is 0. The number of nitrogens with zero attached hydrogens (tertiary/aromatic N) is 2. The first-order valence-electron chi connectivity index (χ1n) is 6.90. The second-order valence-corrected chi connectivity index (χ2v) is 5.71. The van der Waals surface area contributed by atoms with Gasteiger partial charge in [0.05, 0.1) is 5.69 Å². The Balaban J connectivity index is 2.07. The van der Waals surface area contributed by atoms with Crippen molar-refractivity contribution in [3.63, 3.8) is 0 Å². The van der Waals surface area contributed by atoms with Crippen LogP contribution < -0.4 is 5.73 Å². The van der Waals surface area contributed by atoms with Crippen molar-refractivity contribution in [2.24, 2.45) is 5.92 Å². The van der Waals surface area contributed by atoms with E-state index in [0.717, 1.165) is 28.8 Å². The minimum atomic E-state index is 0.549. The molecule has 18 heavy (non-hydrogen) atoms. The lowest BCUT2D eigenvalue weighted by molar-refractivity contribution is 0.341. The predicted octanol–water partition coefficient (Wildman–Crippen LogP) is 3.52. The second kappa shape index (κ2) is 4.30. The standard InChI is InChI=1S/C15H21N3/c1-10-5-3-7-12(9-10)14-15(16)18-11(2)6-4-8-13(18)17-14/h4,6,8,10,12H,3,5,7,9,16H2,1-2H3. The first kappa shape index (κ1) is 11.6. The predicted molar refractivity (Wildman–Crippen MR) is 74.7 cm³/mol. The van der Waals surface area contributed by atoms with Crippen LogP contribution in [0.2, 0.25) is 0 Å². The molecule has 0 radical (unpaired) electrons. The molecule has 3 rings (SSSR count). The highest BCUT2D eigenvalue weighted by molar-refractivity contribution is 5.55. The van der Waals surface area contributed by atoms with E-state index >= 15 is 0 Å². The molecule has 2 N–H and O–H groups in total. The van der Waals surface area contributed by atoms with E-state index in [1.54, 1.807) is 0 Å². The van der Waals surface area contributed by atoms with Crippen LogP contribution in [0.3, 0.4) is 0 Å². The van der Waals surface area contributed by atoms with E-state index in [1.165, 1.54) is 25.7 Å². The molecule has 2 aromatic heterocycles. The maximum atomic E-state index is 6.32. The van der Waals surface area contributed by atoms with Crippen molar-refractivity contribution in [3.05, 3.63) is 29.6 Å². The molecule has 0 aliphatic heterocycles. The summed E-state index contributed by atoms with van der Waals surface area (Å²) < 4.78 is 2.08. The van der Waals surface area contributed by atoms with Crippen LogP contribution in [-0.4, -0.2) is 9.38 Å². The maximum Gasteiger partial charge on any atom is 0.138 e. The SMILES string of the molecule is Cc1cccc2nc(C3CCCC(C)C3)c(N)n12. The van der Waals surface area contributed by atoms with Gasteiger partial charge in [-0.25, -0.2) is 4.98 Å². The Morgan fingerprint density at radius 3 is 2.89 bits per heavy atom. The van der Waals surface area contributed by atoms with E-state index in [1.807, 2.05) is 12.1 Å². The van der Waals surface area contributed by atoms with Crippen molar-refractivity contribution in [1.29, 1.82) is 0 Å². The molecule has 0 spiro atoms. The zero-order valence-corrected chi connectivity index (χ0v) is 11.2. The summed E-state index contributed by atoms with van der Waals surface area (Å²) in [6, 6.07) is 6.17. The largest absolute Gasteiger partial charge is 0.383 e. The summed E-state index contributed by atoms with van der Waals surface area (Å²) in [6.45, 7) is 4.42. The van der Waals surface area contributed by atoms with Gasteiger partial charge in [-0.05, 0) is 37.8 Å². The van der Waals surface area contributed by atoms with Gasteiger partial charge in [0.2, 0.25) is 0 Å². The van der Waals surface area contributed by atoms with Crippen LogP contribution in [0.25, 0.3) is 5.65 Å². The van der Waals surface area contributed by atoms with Gasteiger partial charge in [-0.2, -0.15) is 0 Å². The topological polar surface area (TPSA) is 43.3 Å². The lowest BCUT2D eigenvalue weighted by atomic mass is 9.81. The summed E-state index contributed by atoms with van der Waals surface area (Å²) >= 11 is 0. The van der Waals surface area contributed by atoms with Crippen LogP contribution in [-0.2, 0) is 0 Å². The van der Waals surface area contributed by atoms with Crippen molar-refractivity contribution < 1.29 is 0 Å². The van der Waals surface area contributed by atoms with Crippen molar-refractivity contribution in [2.75, 3.05) is 5.73 Å². The number of imidazole rings is 1. The molecule has 3 heteroatoms. The number of pyridine rings is 1. The van der Waals surface area contributed by atoms with E-state index in [0.29, 0.717) is 5.92 Å². The van der Waals surface area contributed by atoms with Gasteiger partial charge in [0.15, 0.2) is 0 Å². The third kappa shape index (κ3) is 1.78. The van der Waals surface area contributed by atoms with Crippen molar-refractivity contribution in [3.8, 4) is 0 Å². The van der Waals surface area contributed by atoms with Gasteiger partial charge >= 0.3 is 0 Å².